The Balaban J connectivity index is 1.31. The van der Waals surface area contributed by atoms with Crippen molar-refractivity contribution < 1.29 is 14.4 Å². The number of fused-ring (bicyclic) bond motifs is 2. The number of piperidine rings is 1. The summed E-state index contributed by atoms with van der Waals surface area (Å²) >= 11 is 12.4. The third kappa shape index (κ3) is 3.36. The van der Waals surface area contributed by atoms with Crippen LogP contribution in [0.15, 0.2) is 24.3 Å². The lowest BCUT2D eigenvalue weighted by molar-refractivity contribution is -0.140. The van der Waals surface area contributed by atoms with Gasteiger partial charge in [-0.25, -0.2) is 0 Å². The maximum absolute atomic E-state index is 13.2. The fourth-order valence-electron chi connectivity index (χ4n) is 4.89. The van der Waals surface area contributed by atoms with E-state index >= 15 is 0 Å². The predicted molar refractivity (Wildman–Crippen MR) is 115 cm³/mol. The molecule has 2 unspecified atom stereocenters. The van der Waals surface area contributed by atoms with E-state index in [-0.39, 0.29) is 41.9 Å². The van der Waals surface area contributed by atoms with Gasteiger partial charge in [-0.05, 0) is 30.7 Å². The monoisotopic (exact) mass is 463 g/mol. The SMILES string of the molecule is CC1C(CNC(=O)[C@@H]2C[C@H]3C[C@H]3N2C(=O)Cn2nc(C(N)=O)c3ccccc32)C1(Cl)Cl. The molecular formula is C21H23Cl2N5O3. The molecule has 3 aliphatic rings. The van der Waals surface area contributed by atoms with Gasteiger partial charge in [-0.1, -0.05) is 25.1 Å². The van der Waals surface area contributed by atoms with Gasteiger partial charge in [0.25, 0.3) is 5.91 Å². The summed E-state index contributed by atoms with van der Waals surface area (Å²) in [5, 5.41) is 7.80. The van der Waals surface area contributed by atoms with E-state index < -0.39 is 16.3 Å². The molecule has 10 heteroatoms. The summed E-state index contributed by atoms with van der Waals surface area (Å²) in [4.78, 5) is 39.5. The number of benzene rings is 1. The van der Waals surface area contributed by atoms with E-state index in [1.807, 2.05) is 13.0 Å². The van der Waals surface area contributed by atoms with Crippen LogP contribution in [-0.2, 0) is 16.1 Å². The lowest BCUT2D eigenvalue weighted by atomic mass is 10.1. The summed E-state index contributed by atoms with van der Waals surface area (Å²) in [5.74, 6) is -0.520. The van der Waals surface area contributed by atoms with Gasteiger partial charge in [0, 0.05) is 23.9 Å². The zero-order valence-electron chi connectivity index (χ0n) is 16.9. The van der Waals surface area contributed by atoms with Gasteiger partial charge in [-0.2, -0.15) is 5.10 Å². The Morgan fingerprint density at radius 2 is 1.97 bits per heavy atom. The molecule has 164 valence electrons. The fraction of sp³-hybridized carbons (Fsp3) is 0.524. The first-order valence-electron chi connectivity index (χ1n) is 10.4. The number of likely N-dealkylation sites (tertiary alicyclic amines) is 1. The van der Waals surface area contributed by atoms with Crippen molar-refractivity contribution in [3.05, 3.63) is 30.0 Å². The summed E-state index contributed by atoms with van der Waals surface area (Å²) < 4.78 is 0.698. The molecule has 2 heterocycles. The van der Waals surface area contributed by atoms with Gasteiger partial charge >= 0.3 is 0 Å². The van der Waals surface area contributed by atoms with Crippen molar-refractivity contribution in [3.63, 3.8) is 0 Å². The minimum atomic E-state index is -0.792. The molecule has 8 nitrogen and oxygen atoms in total. The highest BCUT2D eigenvalue weighted by molar-refractivity contribution is 6.51. The normalized spacial score (nSPS) is 30.2. The van der Waals surface area contributed by atoms with Crippen molar-refractivity contribution in [2.75, 3.05) is 6.54 Å². The molecule has 2 aliphatic carbocycles. The quantitative estimate of drug-likeness (QED) is 0.634. The molecule has 2 aromatic rings. The van der Waals surface area contributed by atoms with E-state index in [4.69, 9.17) is 28.9 Å². The van der Waals surface area contributed by atoms with Crippen LogP contribution in [0.3, 0.4) is 0 Å². The van der Waals surface area contributed by atoms with Crippen LogP contribution in [0.5, 0.6) is 0 Å². The molecule has 3 amide bonds. The molecule has 1 aromatic carbocycles. The lowest BCUT2D eigenvalue weighted by Gasteiger charge is -2.27. The molecule has 3 fully saturated rings. The fourth-order valence-corrected chi connectivity index (χ4v) is 5.60. The standard InChI is InChI=1S/C21H23Cl2N5O3/c1-10-13(21(10,22)23)8-25-20(31)16-7-11-6-15(11)28(16)17(29)9-27-14-5-3-2-4-12(14)18(26-27)19(24)30/h2-5,10-11,13,15-16H,6-9H2,1H3,(H2,24,30)(H,25,31)/t10?,11-,13?,15-,16+/m1/s1. The number of hydrogen-bond donors (Lipinski definition) is 2. The molecule has 1 saturated heterocycles. The Morgan fingerprint density at radius 1 is 1.26 bits per heavy atom. The highest BCUT2D eigenvalue weighted by Crippen LogP contribution is 2.58. The second-order valence-corrected chi connectivity index (χ2v) is 10.3. The largest absolute Gasteiger partial charge is 0.364 e. The van der Waals surface area contributed by atoms with Crippen LogP contribution in [0, 0.1) is 17.8 Å². The number of primary amides is 1. The molecule has 0 bridgehead atoms. The molecule has 1 aliphatic heterocycles. The molecule has 5 rings (SSSR count). The summed E-state index contributed by atoms with van der Waals surface area (Å²) in [6, 6.07) is 6.71. The third-order valence-corrected chi connectivity index (χ3v) is 8.21. The van der Waals surface area contributed by atoms with Gasteiger partial charge in [0.1, 0.15) is 16.9 Å². The van der Waals surface area contributed by atoms with Gasteiger partial charge in [-0.15, -0.1) is 23.2 Å². The van der Waals surface area contributed by atoms with Crippen LogP contribution in [-0.4, -0.2) is 55.4 Å². The molecule has 2 saturated carbocycles. The first-order valence-corrected chi connectivity index (χ1v) is 11.2. The minimum Gasteiger partial charge on any atom is -0.364 e. The molecular weight excluding hydrogens is 441 g/mol. The Morgan fingerprint density at radius 3 is 2.65 bits per heavy atom. The van der Waals surface area contributed by atoms with Crippen LogP contribution in [0.2, 0.25) is 0 Å². The van der Waals surface area contributed by atoms with E-state index in [2.05, 4.69) is 10.4 Å². The average Bonchev–Trinajstić information content (AvgIpc) is 3.44. The van der Waals surface area contributed by atoms with Crippen molar-refractivity contribution in [1.29, 1.82) is 0 Å². The second kappa shape index (κ2) is 7.10. The summed E-state index contributed by atoms with van der Waals surface area (Å²) in [6.07, 6.45) is 1.57. The number of hydrogen-bond acceptors (Lipinski definition) is 4. The number of aromatic nitrogens is 2. The zero-order chi connectivity index (χ0) is 22.1. The second-order valence-electron chi connectivity index (χ2n) is 8.82. The van der Waals surface area contributed by atoms with Gasteiger partial charge in [0.15, 0.2) is 5.69 Å². The van der Waals surface area contributed by atoms with Gasteiger partial charge in [0.2, 0.25) is 11.8 Å². The van der Waals surface area contributed by atoms with Crippen molar-refractivity contribution in [1.82, 2.24) is 20.0 Å². The van der Waals surface area contributed by atoms with Gasteiger partial charge in [-0.3, -0.25) is 19.1 Å². The summed E-state index contributed by atoms with van der Waals surface area (Å²) in [7, 11) is 0. The number of carbonyl (C=O) groups is 3. The number of alkyl halides is 2. The Labute approximate surface area is 189 Å². The van der Waals surface area contributed by atoms with Crippen LogP contribution < -0.4 is 11.1 Å². The maximum Gasteiger partial charge on any atom is 0.269 e. The van der Waals surface area contributed by atoms with Crippen molar-refractivity contribution in [2.45, 2.75) is 42.7 Å². The van der Waals surface area contributed by atoms with Crippen LogP contribution in [0.4, 0.5) is 0 Å². The number of nitrogens with one attached hydrogen (secondary N) is 1. The molecule has 0 radical (unpaired) electrons. The Hall–Kier alpha value is -2.32. The number of nitrogens with two attached hydrogens (primary N) is 1. The summed E-state index contributed by atoms with van der Waals surface area (Å²) in [6.45, 7) is 2.28. The highest BCUT2D eigenvalue weighted by atomic mass is 35.5. The minimum absolute atomic E-state index is 0.0162. The van der Waals surface area contributed by atoms with Crippen molar-refractivity contribution >= 4 is 51.8 Å². The highest BCUT2D eigenvalue weighted by Gasteiger charge is 2.60. The first kappa shape index (κ1) is 20.6. The first-order chi connectivity index (χ1) is 14.7. The third-order valence-electron chi connectivity index (χ3n) is 6.96. The Kier molecular flexibility index (Phi) is 4.71. The van der Waals surface area contributed by atoms with E-state index in [0.717, 1.165) is 6.42 Å². The maximum atomic E-state index is 13.2. The van der Waals surface area contributed by atoms with Crippen LogP contribution in [0.25, 0.3) is 10.9 Å². The molecule has 31 heavy (non-hydrogen) atoms. The van der Waals surface area contributed by atoms with Crippen molar-refractivity contribution in [2.24, 2.45) is 23.5 Å². The predicted octanol–water partition coefficient (Wildman–Crippen LogP) is 1.68. The Bertz CT molecular complexity index is 1100. The average molecular weight is 464 g/mol. The van der Waals surface area contributed by atoms with Gasteiger partial charge < -0.3 is 16.0 Å². The van der Waals surface area contributed by atoms with E-state index in [1.165, 1.54) is 4.68 Å². The van der Waals surface area contributed by atoms with Gasteiger partial charge in [0.05, 0.1) is 5.52 Å². The molecule has 5 atom stereocenters. The molecule has 1 aromatic heterocycles. The zero-order valence-corrected chi connectivity index (χ0v) is 18.4. The van der Waals surface area contributed by atoms with E-state index in [0.29, 0.717) is 29.8 Å². The van der Waals surface area contributed by atoms with Crippen LogP contribution in [0.1, 0.15) is 30.3 Å². The smallest absolute Gasteiger partial charge is 0.269 e. The number of halogens is 2. The number of rotatable bonds is 6. The number of para-hydroxylation sites is 1. The molecule has 0 spiro atoms. The molecule has 3 N–H and O–H groups in total. The number of carbonyl (C=O) groups excluding carboxylic acids is 3. The summed E-state index contributed by atoms with van der Waals surface area (Å²) in [5.41, 5.74) is 6.23. The topological polar surface area (TPSA) is 110 Å². The van der Waals surface area contributed by atoms with E-state index in [1.54, 1.807) is 23.1 Å². The number of nitrogens with zero attached hydrogens (tertiary/aromatic N) is 3. The van der Waals surface area contributed by atoms with Crippen LogP contribution >= 0.6 is 23.2 Å². The van der Waals surface area contributed by atoms with Crippen molar-refractivity contribution in [3.8, 4) is 0 Å². The number of amides is 3. The van der Waals surface area contributed by atoms with E-state index in [9.17, 15) is 14.4 Å². The lowest BCUT2D eigenvalue weighted by Crippen LogP contribution is -2.49.